The standard InChI is InChI=1S/C14H10BrClFN3/c15-9-3-4-12(10(17)8-9)20-13(5-6-16)19-11-2-1-7-18-14(11)20/h1-4,7-8H,5-6H2. The Bertz CT molecular complexity index is 772. The van der Waals surface area contributed by atoms with E-state index in [-0.39, 0.29) is 5.82 Å². The summed E-state index contributed by atoms with van der Waals surface area (Å²) < 4.78 is 16.6. The molecule has 102 valence electrons. The fourth-order valence-corrected chi connectivity index (χ4v) is 2.63. The van der Waals surface area contributed by atoms with Crippen LogP contribution >= 0.6 is 27.5 Å². The molecule has 0 aliphatic rings. The number of hydrogen-bond donors (Lipinski definition) is 0. The highest BCUT2D eigenvalue weighted by molar-refractivity contribution is 9.10. The molecule has 3 rings (SSSR count). The van der Waals surface area contributed by atoms with Crippen molar-refractivity contribution < 1.29 is 4.39 Å². The Morgan fingerprint density at radius 3 is 2.90 bits per heavy atom. The van der Waals surface area contributed by atoms with Crippen molar-refractivity contribution in [3.8, 4) is 5.69 Å². The minimum absolute atomic E-state index is 0.333. The molecule has 0 amide bonds. The van der Waals surface area contributed by atoms with E-state index in [4.69, 9.17) is 11.6 Å². The van der Waals surface area contributed by atoms with Gasteiger partial charge in [-0.05, 0) is 30.3 Å². The van der Waals surface area contributed by atoms with Crippen molar-refractivity contribution in [3.63, 3.8) is 0 Å². The summed E-state index contributed by atoms with van der Waals surface area (Å²) in [7, 11) is 0. The van der Waals surface area contributed by atoms with E-state index in [9.17, 15) is 4.39 Å². The van der Waals surface area contributed by atoms with Gasteiger partial charge < -0.3 is 0 Å². The number of imidazole rings is 1. The highest BCUT2D eigenvalue weighted by atomic mass is 79.9. The molecule has 0 aliphatic heterocycles. The van der Waals surface area contributed by atoms with E-state index in [1.54, 1.807) is 22.9 Å². The van der Waals surface area contributed by atoms with Crippen LogP contribution in [-0.2, 0) is 6.42 Å². The molecule has 0 fully saturated rings. The van der Waals surface area contributed by atoms with Crippen molar-refractivity contribution in [1.82, 2.24) is 14.5 Å². The van der Waals surface area contributed by atoms with Crippen LogP contribution in [0.5, 0.6) is 0 Å². The van der Waals surface area contributed by atoms with Crippen LogP contribution < -0.4 is 0 Å². The molecular formula is C14H10BrClFN3. The smallest absolute Gasteiger partial charge is 0.164 e. The number of aromatic nitrogens is 3. The van der Waals surface area contributed by atoms with Crippen LogP contribution in [0, 0.1) is 5.82 Å². The second-order valence-electron chi connectivity index (χ2n) is 4.24. The third kappa shape index (κ3) is 2.31. The van der Waals surface area contributed by atoms with Gasteiger partial charge in [-0.25, -0.2) is 14.4 Å². The van der Waals surface area contributed by atoms with Gasteiger partial charge in [0.15, 0.2) is 5.65 Å². The Hall–Kier alpha value is -1.46. The molecule has 0 N–H and O–H groups in total. The second kappa shape index (κ2) is 5.50. The van der Waals surface area contributed by atoms with Crippen molar-refractivity contribution in [2.75, 3.05) is 5.88 Å². The van der Waals surface area contributed by atoms with Crippen LogP contribution in [0.25, 0.3) is 16.9 Å². The van der Waals surface area contributed by atoms with Crippen molar-refractivity contribution in [1.29, 1.82) is 0 Å². The van der Waals surface area contributed by atoms with Gasteiger partial charge in [-0.2, -0.15) is 0 Å². The maximum Gasteiger partial charge on any atom is 0.164 e. The van der Waals surface area contributed by atoms with Crippen LogP contribution in [-0.4, -0.2) is 20.4 Å². The van der Waals surface area contributed by atoms with Crippen molar-refractivity contribution in [2.24, 2.45) is 0 Å². The largest absolute Gasteiger partial charge is 0.278 e. The van der Waals surface area contributed by atoms with Crippen molar-refractivity contribution in [2.45, 2.75) is 6.42 Å². The second-order valence-corrected chi connectivity index (χ2v) is 5.54. The zero-order chi connectivity index (χ0) is 14.1. The van der Waals surface area contributed by atoms with Gasteiger partial charge in [0.1, 0.15) is 17.2 Å². The molecule has 0 bridgehead atoms. The summed E-state index contributed by atoms with van der Waals surface area (Å²) in [6, 6.07) is 8.58. The number of rotatable bonds is 3. The fourth-order valence-electron chi connectivity index (χ4n) is 2.13. The van der Waals surface area contributed by atoms with Gasteiger partial charge in [-0.1, -0.05) is 15.9 Å². The summed E-state index contributed by atoms with van der Waals surface area (Å²) >= 11 is 9.07. The Morgan fingerprint density at radius 2 is 2.15 bits per heavy atom. The minimum atomic E-state index is -0.333. The van der Waals surface area contributed by atoms with Gasteiger partial charge >= 0.3 is 0 Å². The normalized spacial score (nSPS) is 11.2. The van der Waals surface area contributed by atoms with Gasteiger partial charge in [-0.3, -0.25) is 4.57 Å². The molecule has 0 aliphatic carbocycles. The molecule has 2 aromatic heterocycles. The first-order chi connectivity index (χ1) is 9.70. The average Bonchev–Trinajstić information content (AvgIpc) is 2.78. The zero-order valence-corrected chi connectivity index (χ0v) is 12.7. The number of pyridine rings is 1. The van der Waals surface area contributed by atoms with E-state index >= 15 is 0 Å². The highest BCUT2D eigenvalue weighted by Crippen LogP contribution is 2.24. The first-order valence-electron chi connectivity index (χ1n) is 6.04. The SMILES string of the molecule is Fc1cc(Br)ccc1-n1c(CCCl)nc2cccnc21. The third-order valence-corrected chi connectivity index (χ3v) is 3.64. The first kappa shape index (κ1) is 13.5. The summed E-state index contributed by atoms with van der Waals surface area (Å²) in [5.74, 6) is 0.789. The summed E-state index contributed by atoms with van der Waals surface area (Å²) in [4.78, 5) is 8.78. The van der Waals surface area contributed by atoms with Gasteiger partial charge in [0.25, 0.3) is 0 Å². The van der Waals surface area contributed by atoms with Gasteiger partial charge in [0, 0.05) is 23.0 Å². The quantitative estimate of drug-likeness (QED) is 0.663. The van der Waals surface area contributed by atoms with Crippen LogP contribution in [0.2, 0.25) is 0 Å². The summed E-state index contributed by atoms with van der Waals surface area (Å²) in [6.45, 7) is 0. The topological polar surface area (TPSA) is 30.7 Å². The highest BCUT2D eigenvalue weighted by Gasteiger charge is 2.15. The number of benzene rings is 1. The molecule has 1 aromatic carbocycles. The number of halogens is 3. The zero-order valence-electron chi connectivity index (χ0n) is 10.4. The summed E-state index contributed by atoms with van der Waals surface area (Å²) in [5.41, 5.74) is 1.79. The molecule has 0 radical (unpaired) electrons. The molecule has 0 unspecified atom stereocenters. The number of aryl methyl sites for hydroxylation is 1. The molecule has 2 heterocycles. The van der Waals surface area contributed by atoms with Crippen molar-refractivity contribution >= 4 is 38.7 Å². The number of fused-ring (bicyclic) bond motifs is 1. The molecule has 3 aromatic rings. The lowest BCUT2D eigenvalue weighted by Gasteiger charge is -2.09. The minimum Gasteiger partial charge on any atom is -0.278 e. The molecule has 3 nitrogen and oxygen atoms in total. The van der Waals surface area contributed by atoms with E-state index in [1.165, 1.54) is 6.07 Å². The molecule has 0 saturated heterocycles. The molecular weight excluding hydrogens is 345 g/mol. The van der Waals surface area contributed by atoms with Gasteiger partial charge in [0.05, 0.1) is 5.69 Å². The number of alkyl halides is 1. The molecule has 20 heavy (non-hydrogen) atoms. The Morgan fingerprint density at radius 1 is 1.30 bits per heavy atom. The maximum atomic E-state index is 14.2. The van der Waals surface area contributed by atoms with E-state index in [0.717, 1.165) is 5.52 Å². The van der Waals surface area contributed by atoms with E-state index in [2.05, 4.69) is 25.9 Å². The van der Waals surface area contributed by atoms with Crippen LogP contribution in [0.15, 0.2) is 41.0 Å². The van der Waals surface area contributed by atoms with Crippen LogP contribution in [0.4, 0.5) is 4.39 Å². The summed E-state index contributed by atoms with van der Waals surface area (Å²) in [5, 5.41) is 0. The monoisotopic (exact) mass is 353 g/mol. The average molecular weight is 355 g/mol. The third-order valence-electron chi connectivity index (χ3n) is 2.95. The lowest BCUT2D eigenvalue weighted by atomic mass is 10.3. The predicted molar refractivity (Wildman–Crippen MR) is 80.9 cm³/mol. The Labute approximate surface area is 128 Å². The summed E-state index contributed by atoms with van der Waals surface area (Å²) in [6.07, 6.45) is 2.22. The predicted octanol–water partition coefficient (Wildman–Crippen LogP) is 4.10. The number of nitrogens with zero attached hydrogens (tertiary/aromatic N) is 3. The molecule has 0 atom stereocenters. The molecule has 0 saturated carbocycles. The van der Waals surface area contributed by atoms with Crippen LogP contribution in [0.1, 0.15) is 5.82 Å². The fraction of sp³-hybridized carbons (Fsp3) is 0.143. The number of hydrogen-bond acceptors (Lipinski definition) is 2. The Balaban J connectivity index is 2.30. The lowest BCUT2D eigenvalue weighted by Crippen LogP contribution is -2.05. The lowest BCUT2D eigenvalue weighted by molar-refractivity contribution is 0.615. The molecule has 0 spiro atoms. The van der Waals surface area contributed by atoms with E-state index in [1.807, 2.05) is 12.1 Å². The van der Waals surface area contributed by atoms with E-state index in [0.29, 0.717) is 33.9 Å². The van der Waals surface area contributed by atoms with Crippen molar-refractivity contribution in [3.05, 3.63) is 52.6 Å². The first-order valence-corrected chi connectivity index (χ1v) is 7.37. The Kier molecular flexibility index (Phi) is 3.72. The van der Waals surface area contributed by atoms with Crippen LogP contribution in [0.3, 0.4) is 0 Å². The maximum absolute atomic E-state index is 14.2. The van der Waals surface area contributed by atoms with E-state index < -0.39 is 0 Å². The molecule has 6 heteroatoms. The van der Waals surface area contributed by atoms with Gasteiger partial charge in [-0.15, -0.1) is 11.6 Å². The van der Waals surface area contributed by atoms with Gasteiger partial charge in [0.2, 0.25) is 0 Å².